The Hall–Kier alpha value is -0.940. The minimum atomic E-state index is -0.370. The average molecular weight is 315 g/mol. The molecule has 0 amide bonds. The predicted octanol–water partition coefficient (Wildman–Crippen LogP) is 4.73. The molecule has 1 aliphatic carbocycles. The molecule has 0 saturated heterocycles. The summed E-state index contributed by atoms with van der Waals surface area (Å²) in [7, 11) is 0. The molecule has 4 nitrogen and oxygen atoms in total. The molecule has 6 heteroatoms. The third-order valence-corrected chi connectivity index (χ3v) is 5.61. The second kappa shape index (κ2) is 6.68. The summed E-state index contributed by atoms with van der Waals surface area (Å²) in [6.07, 6.45) is 8.21. The van der Waals surface area contributed by atoms with E-state index >= 15 is 0 Å². The normalized spacial score (nSPS) is 17.7. The first kappa shape index (κ1) is 15.4. The zero-order chi connectivity index (χ0) is 14.6. The molecule has 2 rings (SSSR count). The highest BCUT2D eigenvalue weighted by Crippen LogP contribution is 2.39. The van der Waals surface area contributed by atoms with Gasteiger partial charge < -0.3 is 5.32 Å². The van der Waals surface area contributed by atoms with Gasteiger partial charge in [0.15, 0.2) is 0 Å². The standard InChI is InChI=1S/C14H19ClN2O2S/c1-20-14(7-3-2-4-8-14)10-16-12-9-11(15)5-6-13(12)17(18)19/h5-6,9,16H,2-4,7-8,10H2,1H3. The predicted molar refractivity (Wildman–Crippen MR) is 85.9 cm³/mol. The van der Waals surface area contributed by atoms with Crippen LogP contribution < -0.4 is 5.32 Å². The maximum atomic E-state index is 11.1. The second-order valence-corrected chi connectivity index (χ2v) is 6.93. The van der Waals surface area contributed by atoms with E-state index in [1.54, 1.807) is 12.1 Å². The van der Waals surface area contributed by atoms with Crippen LogP contribution in [0.4, 0.5) is 11.4 Å². The van der Waals surface area contributed by atoms with Crippen LogP contribution in [0.15, 0.2) is 18.2 Å². The third-order valence-electron chi connectivity index (χ3n) is 3.95. The highest BCUT2D eigenvalue weighted by molar-refractivity contribution is 8.00. The van der Waals surface area contributed by atoms with Crippen LogP contribution >= 0.6 is 23.4 Å². The van der Waals surface area contributed by atoms with Gasteiger partial charge in [0.1, 0.15) is 5.69 Å². The Morgan fingerprint density at radius 2 is 2.10 bits per heavy atom. The van der Waals surface area contributed by atoms with Gasteiger partial charge in [0.2, 0.25) is 0 Å². The summed E-state index contributed by atoms with van der Waals surface area (Å²) in [5.41, 5.74) is 0.600. The van der Waals surface area contributed by atoms with E-state index in [0.29, 0.717) is 10.7 Å². The van der Waals surface area contributed by atoms with Crippen molar-refractivity contribution in [1.82, 2.24) is 0 Å². The lowest BCUT2D eigenvalue weighted by molar-refractivity contribution is -0.384. The fourth-order valence-electron chi connectivity index (χ4n) is 2.71. The van der Waals surface area contributed by atoms with Gasteiger partial charge in [-0.05, 0) is 31.2 Å². The minimum absolute atomic E-state index is 0.0847. The molecule has 1 aromatic carbocycles. The highest BCUT2D eigenvalue weighted by Gasteiger charge is 2.31. The number of thioether (sulfide) groups is 1. The second-order valence-electron chi connectivity index (χ2n) is 5.22. The lowest BCUT2D eigenvalue weighted by Gasteiger charge is -2.36. The van der Waals surface area contributed by atoms with Crippen molar-refractivity contribution in [2.45, 2.75) is 36.9 Å². The number of nitrogens with zero attached hydrogens (tertiary/aromatic N) is 1. The number of nitrogens with one attached hydrogen (secondary N) is 1. The Balaban J connectivity index is 2.13. The molecular weight excluding hydrogens is 296 g/mol. The summed E-state index contributed by atoms with van der Waals surface area (Å²) in [6.45, 7) is 0.745. The van der Waals surface area contributed by atoms with E-state index in [1.807, 2.05) is 11.8 Å². The fourth-order valence-corrected chi connectivity index (χ4v) is 3.80. The summed E-state index contributed by atoms with van der Waals surface area (Å²) in [5.74, 6) is 0. The molecule has 1 saturated carbocycles. The van der Waals surface area contributed by atoms with Crippen molar-refractivity contribution in [2.24, 2.45) is 0 Å². The van der Waals surface area contributed by atoms with Gasteiger partial charge >= 0.3 is 0 Å². The number of halogens is 1. The van der Waals surface area contributed by atoms with E-state index in [0.717, 1.165) is 19.4 Å². The Kier molecular flexibility index (Phi) is 5.16. The maximum absolute atomic E-state index is 11.1. The van der Waals surface area contributed by atoms with Gasteiger partial charge in [-0.25, -0.2) is 0 Å². The third kappa shape index (κ3) is 3.58. The first-order valence-corrected chi connectivity index (χ1v) is 8.40. The monoisotopic (exact) mass is 314 g/mol. The van der Waals surface area contributed by atoms with Gasteiger partial charge in [-0.1, -0.05) is 30.9 Å². The summed E-state index contributed by atoms with van der Waals surface area (Å²) < 4.78 is 0.189. The Bertz CT molecular complexity index is 490. The van der Waals surface area contributed by atoms with Gasteiger partial charge in [0.25, 0.3) is 5.69 Å². The molecule has 0 bridgehead atoms. The van der Waals surface area contributed by atoms with Crippen LogP contribution in [-0.4, -0.2) is 22.5 Å². The van der Waals surface area contributed by atoms with Crippen molar-refractivity contribution in [3.8, 4) is 0 Å². The molecule has 0 unspecified atom stereocenters. The molecule has 0 aromatic heterocycles. The molecule has 1 aliphatic rings. The van der Waals surface area contributed by atoms with E-state index in [1.165, 1.54) is 25.3 Å². The lowest BCUT2D eigenvalue weighted by Crippen LogP contribution is -2.35. The molecular formula is C14H19ClN2O2S. The Morgan fingerprint density at radius 3 is 2.70 bits per heavy atom. The van der Waals surface area contributed by atoms with Crippen molar-refractivity contribution < 1.29 is 4.92 Å². The van der Waals surface area contributed by atoms with Gasteiger partial charge in [-0.3, -0.25) is 10.1 Å². The largest absolute Gasteiger partial charge is 0.378 e. The van der Waals surface area contributed by atoms with E-state index in [4.69, 9.17) is 11.6 Å². The molecule has 1 aromatic rings. The fraction of sp³-hybridized carbons (Fsp3) is 0.571. The Labute approximate surface area is 128 Å². The maximum Gasteiger partial charge on any atom is 0.292 e. The van der Waals surface area contributed by atoms with E-state index < -0.39 is 0 Å². The molecule has 0 aliphatic heterocycles. The zero-order valence-electron chi connectivity index (χ0n) is 11.5. The van der Waals surface area contributed by atoms with E-state index in [-0.39, 0.29) is 15.4 Å². The number of nitro benzene ring substituents is 1. The number of rotatable bonds is 5. The van der Waals surface area contributed by atoms with Crippen LogP contribution in [0.3, 0.4) is 0 Å². The van der Waals surface area contributed by atoms with Crippen LogP contribution in [0.5, 0.6) is 0 Å². The van der Waals surface area contributed by atoms with Crippen LogP contribution in [-0.2, 0) is 0 Å². The van der Waals surface area contributed by atoms with E-state index in [9.17, 15) is 10.1 Å². The number of nitro groups is 1. The molecule has 0 spiro atoms. The number of hydrogen-bond donors (Lipinski definition) is 1. The lowest BCUT2D eigenvalue weighted by atomic mass is 9.88. The van der Waals surface area contributed by atoms with Crippen LogP contribution in [0.2, 0.25) is 5.02 Å². The molecule has 20 heavy (non-hydrogen) atoms. The molecule has 0 heterocycles. The van der Waals surface area contributed by atoms with Crippen molar-refractivity contribution in [3.05, 3.63) is 33.3 Å². The molecule has 0 radical (unpaired) electrons. The quantitative estimate of drug-likeness (QED) is 0.630. The van der Waals surface area contributed by atoms with Gasteiger partial charge in [-0.15, -0.1) is 0 Å². The van der Waals surface area contributed by atoms with Crippen molar-refractivity contribution in [2.75, 3.05) is 18.1 Å². The number of hydrogen-bond acceptors (Lipinski definition) is 4. The van der Waals surface area contributed by atoms with Gasteiger partial charge in [0.05, 0.1) is 4.92 Å². The first-order chi connectivity index (χ1) is 9.56. The summed E-state index contributed by atoms with van der Waals surface area (Å²) >= 11 is 7.81. The molecule has 0 atom stereocenters. The van der Waals surface area contributed by atoms with Crippen LogP contribution in [0, 0.1) is 10.1 Å². The first-order valence-electron chi connectivity index (χ1n) is 6.79. The Morgan fingerprint density at radius 1 is 1.40 bits per heavy atom. The van der Waals surface area contributed by atoms with Crippen LogP contribution in [0.1, 0.15) is 32.1 Å². The number of anilines is 1. The zero-order valence-corrected chi connectivity index (χ0v) is 13.1. The molecule has 1 N–H and O–H groups in total. The van der Waals surface area contributed by atoms with E-state index in [2.05, 4.69) is 11.6 Å². The van der Waals surface area contributed by atoms with Crippen LogP contribution in [0.25, 0.3) is 0 Å². The summed E-state index contributed by atoms with van der Waals surface area (Å²) in [4.78, 5) is 10.7. The minimum Gasteiger partial charge on any atom is -0.378 e. The average Bonchev–Trinajstić information content (AvgIpc) is 2.46. The summed E-state index contributed by atoms with van der Waals surface area (Å²) in [5, 5.41) is 14.8. The molecule has 110 valence electrons. The van der Waals surface area contributed by atoms with Crippen molar-refractivity contribution >= 4 is 34.7 Å². The van der Waals surface area contributed by atoms with Gasteiger partial charge in [-0.2, -0.15) is 11.8 Å². The number of benzene rings is 1. The smallest absolute Gasteiger partial charge is 0.292 e. The summed E-state index contributed by atoms with van der Waals surface area (Å²) in [6, 6.07) is 4.64. The van der Waals surface area contributed by atoms with Crippen molar-refractivity contribution in [3.63, 3.8) is 0 Å². The topological polar surface area (TPSA) is 55.2 Å². The van der Waals surface area contributed by atoms with Crippen molar-refractivity contribution in [1.29, 1.82) is 0 Å². The highest BCUT2D eigenvalue weighted by atomic mass is 35.5. The SMILES string of the molecule is CSC1(CNc2cc(Cl)ccc2[N+](=O)[O-])CCCCC1. The molecule has 1 fully saturated rings. The van der Waals surface area contributed by atoms with Gasteiger partial charge in [0, 0.05) is 22.4 Å².